The minimum absolute atomic E-state index is 0. The zero-order valence-electron chi connectivity index (χ0n) is 14.8. The van der Waals surface area contributed by atoms with Gasteiger partial charge in [-0.25, -0.2) is 8.42 Å². The molecule has 3 rings (SSSR count). The highest BCUT2D eigenvalue weighted by atomic mass is 35.5. The Labute approximate surface area is 163 Å². The van der Waals surface area contributed by atoms with Gasteiger partial charge >= 0.3 is 0 Å². The summed E-state index contributed by atoms with van der Waals surface area (Å²) in [6, 6.07) is 0.760. The topological polar surface area (TPSA) is 78.5 Å². The van der Waals surface area contributed by atoms with E-state index in [9.17, 15) is 13.2 Å². The molecule has 0 bridgehead atoms. The van der Waals surface area contributed by atoms with E-state index in [0.29, 0.717) is 32.0 Å². The van der Waals surface area contributed by atoms with Gasteiger partial charge in [-0.2, -0.15) is 0 Å². The molecule has 2 N–H and O–H groups in total. The van der Waals surface area contributed by atoms with Crippen molar-refractivity contribution < 1.29 is 13.2 Å². The minimum Gasteiger partial charge on any atom is -0.351 e. The molecule has 25 heavy (non-hydrogen) atoms. The molecule has 2 aliphatic heterocycles. The molecule has 9 heteroatoms. The number of carbonyl (C=O) groups is 1. The van der Waals surface area contributed by atoms with E-state index in [0.717, 1.165) is 19.5 Å². The first-order valence-electron chi connectivity index (χ1n) is 8.88. The van der Waals surface area contributed by atoms with Gasteiger partial charge in [0.2, 0.25) is 5.91 Å². The predicted octanol–water partition coefficient (Wildman–Crippen LogP) is 1.13. The molecule has 0 aromatic heterocycles. The number of carbonyl (C=O) groups excluding carboxylic acids is 1. The number of likely N-dealkylation sites (tertiary alicyclic amines) is 1. The maximum atomic E-state index is 12.8. The summed E-state index contributed by atoms with van der Waals surface area (Å²) in [4.78, 5) is 15.3. The summed E-state index contributed by atoms with van der Waals surface area (Å²) in [7, 11) is -3.42. The van der Waals surface area contributed by atoms with Crippen LogP contribution in [-0.4, -0.2) is 68.5 Å². The lowest BCUT2D eigenvalue weighted by Gasteiger charge is -2.35. The van der Waals surface area contributed by atoms with Gasteiger partial charge in [0.05, 0.1) is 0 Å². The molecule has 2 saturated heterocycles. The van der Waals surface area contributed by atoms with E-state index in [4.69, 9.17) is 0 Å². The smallest absolute Gasteiger partial charge is 0.241 e. The van der Waals surface area contributed by atoms with E-state index in [-0.39, 0.29) is 36.8 Å². The number of rotatable bonds is 4. The van der Waals surface area contributed by atoms with Crippen LogP contribution in [0.1, 0.15) is 44.9 Å². The van der Waals surface area contributed by atoms with Crippen molar-refractivity contribution in [2.45, 2.75) is 61.8 Å². The van der Waals surface area contributed by atoms with Crippen LogP contribution in [0.4, 0.5) is 0 Å². The second-order valence-corrected chi connectivity index (χ2v) is 9.73. The Kier molecular flexibility index (Phi) is 8.47. The Hall–Kier alpha value is -0.0800. The van der Waals surface area contributed by atoms with Gasteiger partial charge in [-0.05, 0) is 45.2 Å². The highest BCUT2D eigenvalue weighted by Gasteiger charge is 2.49. The number of nitrogens with one attached hydrogen (secondary N) is 2. The van der Waals surface area contributed by atoms with Gasteiger partial charge in [0, 0.05) is 31.4 Å². The Bertz CT molecular complexity index is 547. The summed E-state index contributed by atoms with van der Waals surface area (Å²) in [5.41, 5.74) is 0. The second-order valence-electron chi connectivity index (χ2n) is 7.41. The van der Waals surface area contributed by atoms with E-state index in [1.807, 2.05) is 0 Å². The summed E-state index contributed by atoms with van der Waals surface area (Å²) in [5, 5.41) is 6.21. The predicted molar refractivity (Wildman–Crippen MR) is 105 cm³/mol. The van der Waals surface area contributed by atoms with Crippen LogP contribution in [0.3, 0.4) is 0 Å². The first kappa shape index (κ1) is 23.0. The third-order valence-corrected chi connectivity index (χ3v) is 7.94. The normalized spacial score (nSPS) is 27.3. The monoisotopic (exact) mass is 415 g/mol. The van der Waals surface area contributed by atoms with Crippen molar-refractivity contribution in [1.29, 1.82) is 0 Å². The Balaban J connectivity index is 0.00000156. The summed E-state index contributed by atoms with van der Waals surface area (Å²) >= 11 is 0. The highest BCUT2D eigenvalue weighted by molar-refractivity contribution is 7.92. The average molecular weight is 416 g/mol. The van der Waals surface area contributed by atoms with Gasteiger partial charge in [-0.3, -0.25) is 9.69 Å². The minimum atomic E-state index is -3.42. The number of hydrogen-bond acceptors (Lipinski definition) is 5. The molecule has 148 valence electrons. The van der Waals surface area contributed by atoms with Crippen molar-refractivity contribution in [1.82, 2.24) is 15.5 Å². The second kappa shape index (κ2) is 9.22. The fraction of sp³-hybridized carbons (Fsp3) is 0.938. The van der Waals surface area contributed by atoms with Crippen molar-refractivity contribution in [3.63, 3.8) is 0 Å². The van der Waals surface area contributed by atoms with E-state index in [1.54, 1.807) is 0 Å². The fourth-order valence-electron chi connectivity index (χ4n) is 4.42. The molecular weight excluding hydrogens is 385 g/mol. The van der Waals surface area contributed by atoms with Crippen LogP contribution in [0.15, 0.2) is 0 Å². The molecule has 0 aromatic rings. The molecule has 1 unspecified atom stereocenters. The van der Waals surface area contributed by atoms with Crippen molar-refractivity contribution in [3.8, 4) is 0 Å². The molecule has 1 aliphatic carbocycles. The lowest BCUT2D eigenvalue weighted by Crippen LogP contribution is -2.59. The quantitative estimate of drug-likeness (QED) is 0.719. The zero-order chi connectivity index (χ0) is 16.5. The third-order valence-electron chi connectivity index (χ3n) is 5.93. The van der Waals surface area contributed by atoms with E-state index in [2.05, 4.69) is 15.5 Å². The third kappa shape index (κ3) is 4.80. The summed E-state index contributed by atoms with van der Waals surface area (Å²) < 4.78 is 23.4. The summed E-state index contributed by atoms with van der Waals surface area (Å²) in [6.07, 6.45) is 8.02. The number of amides is 1. The molecule has 0 spiro atoms. The molecule has 3 fully saturated rings. The van der Waals surface area contributed by atoms with Gasteiger partial charge in [0.25, 0.3) is 0 Å². The summed E-state index contributed by atoms with van der Waals surface area (Å²) in [6.45, 7) is 3.05. The van der Waals surface area contributed by atoms with Crippen LogP contribution >= 0.6 is 24.8 Å². The highest BCUT2D eigenvalue weighted by Crippen LogP contribution is 2.30. The van der Waals surface area contributed by atoms with Crippen molar-refractivity contribution in [2.75, 3.05) is 32.4 Å². The van der Waals surface area contributed by atoms with Crippen LogP contribution in [-0.2, 0) is 14.6 Å². The molecule has 0 aromatic carbocycles. The van der Waals surface area contributed by atoms with Gasteiger partial charge in [0.1, 0.15) is 0 Å². The van der Waals surface area contributed by atoms with Crippen LogP contribution in [0.5, 0.6) is 0 Å². The van der Waals surface area contributed by atoms with E-state index in [1.165, 1.54) is 31.9 Å². The van der Waals surface area contributed by atoms with Crippen LogP contribution in [0.25, 0.3) is 0 Å². The lowest BCUT2D eigenvalue weighted by atomic mass is 9.95. The maximum Gasteiger partial charge on any atom is 0.241 e. The van der Waals surface area contributed by atoms with Crippen molar-refractivity contribution in [3.05, 3.63) is 0 Å². The number of hydrogen-bond donors (Lipinski definition) is 2. The molecule has 1 amide bonds. The van der Waals surface area contributed by atoms with Gasteiger partial charge < -0.3 is 10.6 Å². The van der Waals surface area contributed by atoms with Crippen molar-refractivity contribution >= 4 is 40.6 Å². The molecule has 6 nitrogen and oxygen atoms in total. The molecule has 3 aliphatic rings. The largest absolute Gasteiger partial charge is 0.351 e. The van der Waals surface area contributed by atoms with Crippen LogP contribution in [0.2, 0.25) is 0 Å². The van der Waals surface area contributed by atoms with Gasteiger partial charge in [-0.15, -0.1) is 24.8 Å². The standard InChI is InChI=1S/C16H29N3O3S.2ClH/c1-23(21,22)16(7-9-17-10-8-16)15(20)18-13-6-11-19(12-13)14-4-2-3-5-14;;/h13-14,17H,2-12H2,1H3,(H,18,20);2*1H. The van der Waals surface area contributed by atoms with Gasteiger partial charge in [-0.1, -0.05) is 12.8 Å². The number of sulfone groups is 1. The van der Waals surface area contributed by atoms with Crippen LogP contribution in [0, 0.1) is 0 Å². The maximum absolute atomic E-state index is 12.8. The SMILES string of the molecule is CS(=O)(=O)C1(C(=O)NC2CCN(C3CCCC3)C2)CCNCC1.Cl.Cl. The first-order valence-corrected chi connectivity index (χ1v) is 10.8. The molecule has 0 radical (unpaired) electrons. The molecular formula is C16H31Cl2N3O3S. The van der Waals surface area contributed by atoms with Crippen molar-refractivity contribution in [2.24, 2.45) is 0 Å². The Morgan fingerprint density at radius 3 is 2.28 bits per heavy atom. The van der Waals surface area contributed by atoms with Crippen LogP contribution < -0.4 is 10.6 Å². The molecule has 2 heterocycles. The molecule has 1 atom stereocenters. The average Bonchev–Trinajstić information content (AvgIpc) is 3.17. The molecule has 1 saturated carbocycles. The Morgan fingerprint density at radius 2 is 1.72 bits per heavy atom. The number of piperidine rings is 1. The lowest BCUT2D eigenvalue weighted by molar-refractivity contribution is -0.125. The van der Waals surface area contributed by atoms with E-state index >= 15 is 0 Å². The van der Waals surface area contributed by atoms with E-state index < -0.39 is 14.6 Å². The first-order chi connectivity index (χ1) is 10.9. The number of nitrogens with zero attached hydrogens (tertiary/aromatic N) is 1. The fourth-order valence-corrected chi connectivity index (χ4v) is 5.76. The summed E-state index contributed by atoms with van der Waals surface area (Å²) in [5.74, 6) is -0.278. The van der Waals surface area contributed by atoms with Gasteiger partial charge in [0.15, 0.2) is 14.6 Å². The Morgan fingerprint density at radius 1 is 1.12 bits per heavy atom. The zero-order valence-corrected chi connectivity index (χ0v) is 17.3. The number of halogens is 2.